The zero-order chi connectivity index (χ0) is 11.9. The number of benzene rings is 1. The predicted molar refractivity (Wildman–Crippen MR) is 71.0 cm³/mol. The first-order valence-electron chi connectivity index (χ1n) is 6.23. The van der Waals surface area contributed by atoms with Gasteiger partial charge in [-0.3, -0.25) is 5.10 Å². The molecule has 0 bridgehead atoms. The molecule has 1 fully saturated rings. The fourth-order valence-corrected chi connectivity index (χ4v) is 2.57. The number of nitrogens with one attached hydrogen (secondary N) is 2. The predicted octanol–water partition coefficient (Wildman–Crippen LogP) is 2.89. The molecule has 4 nitrogen and oxygen atoms in total. The van der Waals surface area contributed by atoms with E-state index in [1.165, 1.54) is 19.3 Å². The van der Waals surface area contributed by atoms with Crippen LogP contribution < -0.4 is 11.1 Å². The van der Waals surface area contributed by atoms with Gasteiger partial charge in [-0.25, -0.2) is 0 Å². The number of nitrogens with zero attached hydrogens (tertiary/aromatic N) is 1. The Kier molecular flexibility index (Phi) is 2.24. The molecule has 1 saturated carbocycles. The number of aromatic amines is 1. The van der Waals surface area contributed by atoms with Crippen LogP contribution in [0.3, 0.4) is 0 Å². The Morgan fingerprint density at radius 1 is 1.47 bits per heavy atom. The van der Waals surface area contributed by atoms with Gasteiger partial charge in [0.25, 0.3) is 0 Å². The van der Waals surface area contributed by atoms with E-state index < -0.39 is 0 Å². The summed E-state index contributed by atoms with van der Waals surface area (Å²) in [5.74, 6) is 0. The maximum atomic E-state index is 6.08. The summed E-state index contributed by atoms with van der Waals surface area (Å²) < 4.78 is 0. The maximum absolute atomic E-state index is 6.08. The third-order valence-corrected chi connectivity index (χ3v) is 4.00. The van der Waals surface area contributed by atoms with Crippen molar-refractivity contribution in [2.24, 2.45) is 0 Å². The normalized spacial score (nSPS) is 17.9. The van der Waals surface area contributed by atoms with Crippen LogP contribution in [-0.2, 0) is 0 Å². The minimum Gasteiger partial charge on any atom is -0.397 e. The van der Waals surface area contributed by atoms with Gasteiger partial charge < -0.3 is 11.1 Å². The van der Waals surface area contributed by atoms with Crippen molar-refractivity contribution in [1.29, 1.82) is 0 Å². The van der Waals surface area contributed by atoms with Crippen molar-refractivity contribution in [3.8, 4) is 0 Å². The summed E-state index contributed by atoms with van der Waals surface area (Å²) in [4.78, 5) is 0. The van der Waals surface area contributed by atoms with Gasteiger partial charge in [-0.1, -0.05) is 6.92 Å². The van der Waals surface area contributed by atoms with Crippen molar-refractivity contribution in [2.45, 2.75) is 38.1 Å². The molecule has 2 aromatic rings. The van der Waals surface area contributed by atoms with E-state index in [9.17, 15) is 0 Å². The van der Waals surface area contributed by atoms with Gasteiger partial charge in [0.15, 0.2) is 0 Å². The fraction of sp³-hybridized carbons (Fsp3) is 0.462. The lowest BCUT2D eigenvalue weighted by Gasteiger charge is -2.43. The van der Waals surface area contributed by atoms with Gasteiger partial charge in [-0.2, -0.15) is 5.10 Å². The molecule has 1 aromatic heterocycles. The number of fused-ring (bicyclic) bond motifs is 1. The SMILES string of the molecule is CCC1(Nc2cc3[nH]ncc3cc2N)CCC1. The van der Waals surface area contributed by atoms with Crippen molar-refractivity contribution in [2.75, 3.05) is 11.1 Å². The average molecular weight is 230 g/mol. The summed E-state index contributed by atoms with van der Waals surface area (Å²) >= 11 is 0. The van der Waals surface area contributed by atoms with E-state index in [4.69, 9.17) is 5.73 Å². The van der Waals surface area contributed by atoms with Crippen LogP contribution in [0.25, 0.3) is 10.9 Å². The lowest BCUT2D eigenvalue weighted by molar-refractivity contribution is 0.270. The molecule has 1 heterocycles. The molecule has 1 aliphatic rings. The van der Waals surface area contributed by atoms with Crippen molar-refractivity contribution < 1.29 is 0 Å². The number of anilines is 2. The quantitative estimate of drug-likeness (QED) is 0.710. The van der Waals surface area contributed by atoms with E-state index >= 15 is 0 Å². The number of H-pyrrole nitrogens is 1. The molecule has 17 heavy (non-hydrogen) atoms. The van der Waals surface area contributed by atoms with Crippen LogP contribution in [0, 0.1) is 0 Å². The Labute approximate surface area is 101 Å². The summed E-state index contributed by atoms with van der Waals surface area (Å²) in [6, 6.07) is 4.04. The van der Waals surface area contributed by atoms with E-state index in [1.807, 2.05) is 6.07 Å². The average Bonchev–Trinajstić information content (AvgIpc) is 2.70. The Hall–Kier alpha value is -1.71. The van der Waals surface area contributed by atoms with Crippen molar-refractivity contribution in [3.63, 3.8) is 0 Å². The lowest BCUT2D eigenvalue weighted by atomic mass is 9.74. The number of aromatic nitrogens is 2. The fourth-order valence-electron chi connectivity index (χ4n) is 2.57. The molecular formula is C13H18N4. The Morgan fingerprint density at radius 3 is 2.94 bits per heavy atom. The van der Waals surface area contributed by atoms with E-state index in [0.717, 1.165) is 28.7 Å². The Morgan fingerprint density at radius 2 is 2.29 bits per heavy atom. The van der Waals surface area contributed by atoms with Crippen LogP contribution in [0.1, 0.15) is 32.6 Å². The molecule has 4 N–H and O–H groups in total. The molecule has 3 rings (SSSR count). The largest absolute Gasteiger partial charge is 0.397 e. The summed E-state index contributed by atoms with van der Waals surface area (Å²) in [5.41, 5.74) is 9.22. The van der Waals surface area contributed by atoms with E-state index in [1.54, 1.807) is 6.20 Å². The molecular weight excluding hydrogens is 212 g/mol. The van der Waals surface area contributed by atoms with Gasteiger partial charge in [-0.05, 0) is 37.8 Å². The molecule has 0 unspecified atom stereocenters. The summed E-state index contributed by atoms with van der Waals surface area (Å²) in [6.07, 6.45) is 6.74. The standard InChI is InChI=1S/C13H18N4/c1-2-13(4-3-5-13)16-12-7-11-9(6-10(12)14)8-15-17-11/h6-8,16H,2-5,14H2,1H3,(H,15,17). The minimum atomic E-state index is 0.266. The molecule has 1 aromatic carbocycles. The van der Waals surface area contributed by atoms with E-state index in [-0.39, 0.29) is 5.54 Å². The molecule has 0 radical (unpaired) electrons. The second-order valence-corrected chi connectivity index (χ2v) is 5.01. The van der Waals surface area contributed by atoms with Crippen LogP contribution in [-0.4, -0.2) is 15.7 Å². The summed E-state index contributed by atoms with van der Waals surface area (Å²) in [5, 5.41) is 11.7. The van der Waals surface area contributed by atoms with Gasteiger partial charge in [0.2, 0.25) is 0 Å². The highest BCUT2D eigenvalue weighted by atomic mass is 15.1. The molecule has 0 spiro atoms. The molecule has 0 atom stereocenters. The maximum Gasteiger partial charge on any atom is 0.0672 e. The van der Waals surface area contributed by atoms with Gasteiger partial charge in [-0.15, -0.1) is 0 Å². The summed E-state index contributed by atoms with van der Waals surface area (Å²) in [7, 11) is 0. The molecule has 4 heteroatoms. The lowest BCUT2D eigenvalue weighted by Crippen LogP contribution is -2.44. The number of hydrogen-bond acceptors (Lipinski definition) is 3. The van der Waals surface area contributed by atoms with Crippen LogP contribution in [0.2, 0.25) is 0 Å². The van der Waals surface area contributed by atoms with Gasteiger partial charge in [0.1, 0.15) is 0 Å². The van der Waals surface area contributed by atoms with Gasteiger partial charge in [0, 0.05) is 10.9 Å². The first-order chi connectivity index (χ1) is 8.22. The third-order valence-electron chi connectivity index (χ3n) is 4.00. The van der Waals surface area contributed by atoms with Gasteiger partial charge in [0.05, 0.1) is 23.1 Å². The van der Waals surface area contributed by atoms with Gasteiger partial charge >= 0.3 is 0 Å². The number of nitrogen functional groups attached to an aromatic ring is 1. The first kappa shape index (κ1) is 10.4. The number of hydrogen-bond donors (Lipinski definition) is 3. The molecule has 0 saturated heterocycles. The molecule has 1 aliphatic carbocycles. The van der Waals surface area contributed by atoms with Crippen molar-refractivity contribution >= 4 is 22.3 Å². The zero-order valence-corrected chi connectivity index (χ0v) is 10.1. The number of nitrogens with two attached hydrogens (primary N) is 1. The summed E-state index contributed by atoms with van der Waals surface area (Å²) in [6.45, 7) is 2.23. The van der Waals surface area contributed by atoms with E-state index in [2.05, 4.69) is 28.5 Å². The van der Waals surface area contributed by atoms with Crippen LogP contribution in [0.5, 0.6) is 0 Å². The minimum absolute atomic E-state index is 0.266. The van der Waals surface area contributed by atoms with Crippen LogP contribution >= 0.6 is 0 Å². The van der Waals surface area contributed by atoms with Crippen LogP contribution in [0.15, 0.2) is 18.3 Å². The smallest absolute Gasteiger partial charge is 0.0672 e. The Bertz CT molecular complexity index is 534. The van der Waals surface area contributed by atoms with Crippen LogP contribution in [0.4, 0.5) is 11.4 Å². The number of rotatable bonds is 3. The molecule has 0 aliphatic heterocycles. The monoisotopic (exact) mass is 230 g/mol. The highest BCUT2D eigenvalue weighted by Crippen LogP contribution is 2.39. The topological polar surface area (TPSA) is 66.7 Å². The Balaban J connectivity index is 1.96. The van der Waals surface area contributed by atoms with Crippen molar-refractivity contribution in [3.05, 3.63) is 18.3 Å². The van der Waals surface area contributed by atoms with E-state index in [0.29, 0.717) is 0 Å². The second kappa shape index (κ2) is 3.65. The highest BCUT2D eigenvalue weighted by Gasteiger charge is 2.35. The zero-order valence-electron chi connectivity index (χ0n) is 10.1. The molecule has 0 amide bonds. The molecule has 90 valence electrons. The first-order valence-corrected chi connectivity index (χ1v) is 6.23. The van der Waals surface area contributed by atoms with Crippen molar-refractivity contribution in [1.82, 2.24) is 10.2 Å². The second-order valence-electron chi connectivity index (χ2n) is 5.01. The third kappa shape index (κ3) is 1.64. The highest BCUT2D eigenvalue weighted by molar-refractivity contribution is 5.88.